The molecule has 2 heterocycles. The Hall–Kier alpha value is -3.98. The largest absolute Gasteiger partial charge is 0.496 e. The first-order valence-corrected chi connectivity index (χ1v) is 11.1. The molecular weight excluding hydrogens is 456 g/mol. The number of rotatable bonds is 8. The van der Waals surface area contributed by atoms with Crippen LogP contribution in [0.3, 0.4) is 0 Å². The maximum atomic E-state index is 12.2. The number of imidazole rings is 1. The Kier molecular flexibility index (Phi) is 6.09. The van der Waals surface area contributed by atoms with Crippen LogP contribution in [0.2, 0.25) is 5.02 Å². The second-order valence-corrected chi connectivity index (χ2v) is 8.34. The zero-order valence-electron chi connectivity index (χ0n) is 18.3. The number of benzene rings is 2. The first-order chi connectivity index (χ1) is 16.6. The second kappa shape index (κ2) is 9.48. The fourth-order valence-corrected chi connectivity index (χ4v) is 3.57. The zero-order chi connectivity index (χ0) is 23.5. The number of hydrogen-bond donors (Lipinski definition) is 1. The average Bonchev–Trinajstić information content (AvgIpc) is 3.58. The lowest BCUT2D eigenvalue weighted by atomic mass is 10.2. The highest BCUT2D eigenvalue weighted by Gasteiger charge is 2.23. The average molecular weight is 477 g/mol. The maximum absolute atomic E-state index is 12.2. The predicted octanol–water partition coefficient (Wildman–Crippen LogP) is 4.45. The Morgan fingerprint density at radius 2 is 2.03 bits per heavy atom. The van der Waals surface area contributed by atoms with Crippen LogP contribution in [-0.4, -0.2) is 38.8 Å². The van der Waals surface area contributed by atoms with E-state index in [2.05, 4.69) is 25.5 Å². The Morgan fingerprint density at radius 1 is 1.21 bits per heavy atom. The van der Waals surface area contributed by atoms with E-state index in [1.54, 1.807) is 55.9 Å². The Morgan fingerprint density at radius 3 is 2.79 bits per heavy atom. The summed E-state index contributed by atoms with van der Waals surface area (Å²) in [6.45, 7) is 0.906. The van der Waals surface area contributed by atoms with Crippen molar-refractivity contribution in [3.8, 4) is 17.4 Å². The highest BCUT2D eigenvalue weighted by atomic mass is 35.5. The van der Waals surface area contributed by atoms with E-state index in [4.69, 9.17) is 21.1 Å². The minimum atomic E-state index is -0.347. The molecule has 172 valence electrons. The first kappa shape index (κ1) is 21.8. The van der Waals surface area contributed by atoms with Gasteiger partial charge in [0.2, 0.25) is 0 Å². The fourth-order valence-electron chi connectivity index (χ4n) is 3.45. The van der Waals surface area contributed by atoms with Crippen molar-refractivity contribution in [1.82, 2.24) is 24.9 Å². The van der Waals surface area contributed by atoms with E-state index >= 15 is 0 Å². The lowest BCUT2D eigenvalue weighted by molar-refractivity contribution is 0.0955. The third kappa shape index (κ3) is 4.84. The molecule has 0 saturated heterocycles. The number of nitrogens with one attached hydrogen (secondary N) is 1. The van der Waals surface area contributed by atoms with Gasteiger partial charge in [0.15, 0.2) is 11.2 Å². The number of methoxy groups -OCH3 is 1. The normalized spacial score (nSPS) is 13.4. The predicted molar refractivity (Wildman–Crippen MR) is 128 cm³/mol. The van der Waals surface area contributed by atoms with Crippen molar-refractivity contribution in [3.05, 3.63) is 71.3 Å². The lowest BCUT2D eigenvalue weighted by Gasteiger charge is -2.09. The van der Waals surface area contributed by atoms with E-state index < -0.39 is 0 Å². The SMILES string of the molecule is COc1cc(Oc2ncnc3c2ncn3CC2CC2)ccc1/C=N/NC(=O)c1ccc(Cl)cc1. The minimum absolute atomic E-state index is 0.347. The van der Waals surface area contributed by atoms with Crippen molar-refractivity contribution in [2.24, 2.45) is 11.0 Å². The molecule has 0 bridgehead atoms. The Labute approximate surface area is 200 Å². The summed E-state index contributed by atoms with van der Waals surface area (Å²) >= 11 is 5.85. The highest BCUT2D eigenvalue weighted by molar-refractivity contribution is 6.30. The number of nitrogens with zero attached hydrogens (tertiary/aromatic N) is 5. The molecule has 1 aliphatic rings. The van der Waals surface area contributed by atoms with Gasteiger partial charge in [-0.2, -0.15) is 10.1 Å². The van der Waals surface area contributed by atoms with Gasteiger partial charge in [-0.05, 0) is 55.2 Å². The summed E-state index contributed by atoms with van der Waals surface area (Å²) in [5, 5.41) is 4.58. The lowest BCUT2D eigenvalue weighted by Crippen LogP contribution is -2.17. The Balaban J connectivity index is 1.30. The van der Waals surface area contributed by atoms with Crippen LogP contribution in [0.25, 0.3) is 11.2 Å². The van der Waals surface area contributed by atoms with Crippen molar-refractivity contribution >= 4 is 34.9 Å². The summed E-state index contributed by atoms with van der Waals surface area (Å²) < 4.78 is 13.5. The van der Waals surface area contributed by atoms with E-state index in [0.29, 0.717) is 45.0 Å². The number of hydrazone groups is 1. The van der Waals surface area contributed by atoms with Crippen LogP contribution >= 0.6 is 11.6 Å². The molecule has 0 unspecified atom stereocenters. The van der Waals surface area contributed by atoms with Crippen molar-refractivity contribution in [3.63, 3.8) is 0 Å². The smallest absolute Gasteiger partial charge is 0.271 e. The van der Waals surface area contributed by atoms with Crippen molar-refractivity contribution in [1.29, 1.82) is 0 Å². The summed E-state index contributed by atoms with van der Waals surface area (Å²) in [6, 6.07) is 11.8. The molecule has 9 nitrogen and oxygen atoms in total. The molecule has 1 saturated carbocycles. The van der Waals surface area contributed by atoms with Crippen LogP contribution in [0.15, 0.2) is 60.2 Å². The molecule has 2 aromatic carbocycles. The molecule has 1 aliphatic carbocycles. The van der Waals surface area contributed by atoms with E-state index in [9.17, 15) is 4.79 Å². The van der Waals surface area contributed by atoms with Gasteiger partial charge in [-0.15, -0.1) is 0 Å². The van der Waals surface area contributed by atoms with Crippen LogP contribution in [0.5, 0.6) is 17.4 Å². The van der Waals surface area contributed by atoms with Crippen LogP contribution in [0, 0.1) is 5.92 Å². The van der Waals surface area contributed by atoms with Gasteiger partial charge in [-0.25, -0.2) is 15.4 Å². The number of aromatic nitrogens is 4. The van der Waals surface area contributed by atoms with Crippen molar-refractivity contribution in [2.75, 3.05) is 7.11 Å². The van der Waals surface area contributed by atoms with E-state index in [1.165, 1.54) is 25.4 Å². The molecule has 0 spiro atoms. The number of carbonyl (C=O) groups excluding carboxylic acids is 1. The molecule has 0 atom stereocenters. The molecule has 0 aliphatic heterocycles. The summed E-state index contributed by atoms with van der Waals surface area (Å²) in [5.41, 5.74) is 4.96. The van der Waals surface area contributed by atoms with Crippen molar-refractivity contribution < 1.29 is 14.3 Å². The van der Waals surface area contributed by atoms with Crippen LogP contribution in [-0.2, 0) is 6.54 Å². The molecular formula is C24H21ClN6O3. The molecule has 0 radical (unpaired) electrons. The number of fused-ring (bicyclic) bond motifs is 1. The second-order valence-electron chi connectivity index (χ2n) is 7.90. The first-order valence-electron chi connectivity index (χ1n) is 10.7. The molecule has 5 rings (SSSR count). The van der Waals surface area contributed by atoms with Crippen LogP contribution in [0.1, 0.15) is 28.8 Å². The molecule has 2 aromatic heterocycles. The topological polar surface area (TPSA) is 104 Å². The molecule has 1 amide bonds. The van der Waals surface area contributed by atoms with Gasteiger partial charge in [0.1, 0.15) is 17.8 Å². The number of halogens is 1. The van der Waals surface area contributed by atoms with Crippen LogP contribution in [0.4, 0.5) is 0 Å². The molecule has 10 heteroatoms. The van der Waals surface area contributed by atoms with Gasteiger partial charge in [-0.1, -0.05) is 11.6 Å². The molecule has 1 N–H and O–H groups in total. The van der Waals surface area contributed by atoms with Crippen molar-refractivity contribution in [2.45, 2.75) is 19.4 Å². The molecule has 1 fully saturated rings. The summed E-state index contributed by atoms with van der Waals surface area (Å²) in [7, 11) is 1.55. The number of ether oxygens (including phenoxy) is 2. The summed E-state index contributed by atoms with van der Waals surface area (Å²) in [4.78, 5) is 25.3. The minimum Gasteiger partial charge on any atom is -0.496 e. The Bertz CT molecular complexity index is 1370. The maximum Gasteiger partial charge on any atom is 0.271 e. The molecule has 34 heavy (non-hydrogen) atoms. The summed E-state index contributed by atoms with van der Waals surface area (Å²) in [5.74, 6) is 1.77. The third-order valence-corrected chi connectivity index (χ3v) is 5.67. The van der Waals surface area contributed by atoms with E-state index in [0.717, 1.165) is 12.2 Å². The highest BCUT2D eigenvalue weighted by Crippen LogP contribution is 2.33. The van der Waals surface area contributed by atoms with Gasteiger partial charge in [0.05, 0.1) is 19.7 Å². The quantitative estimate of drug-likeness (QED) is 0.297. The zero-order valence-corrected chi connectivity index (χ0v) is 19.1. The standard InChI is InChI=1S/C24H21ClN6O3/c1-33-20-10-19(9-6-17(20)11-29-30-23(32)16-4-7-18(25)8-5-16)34-24-21-22(26-13-27-24)31(14-28-21)12-15-2-3-15/h4-11,13-15H,2-3,12H2,1H3,(H,30,32)/b29-11+. The molecule has 4 aromatic rings. The van der Waals surface area contributed by atoms with Gasteiger partial charge in [-0.3, -0.25) is 4.79 Å². The van der Waals surface area contributed by atoms with Gasteiger partial charge < -0.3 is 14.0 Å². The third-order valence-electron chi connectivity index (χ3n) is 5.42. The fraction of sp³-hybridized carbons (Fsp3) is 0.208. The van der Waals surface area contributed by atoms with Crippen LogP contribution < -0.4 is 14.9 Å². The number of amides is 1. The van der Waals surface area contributed by atoms with E-state index in [1.807, 2.05) is 4.57 Å². The summed E-state index contributed by atoms with van der Waals surface area (Å²) in [6.07, 6.45) is 7.25. The van der Waals surface area contributed by atoms with Gasteiger partial charge >= 0.3 is 0 Å². The number of hydrogen-bond acceptors (Lipinski definition) is 7. The van der Waals surface area contributed by atoms with E-state index in [-0.39, 0.29) is 5.91 Å². The van der Waals surface area contributed by atoms with Gasteiger partial charge in [0, 0.05) is 28.8 Å². The monoisotopic (exact) mass is 476 g/mol. The number of carbonyl (C=O) groups is 1. The van der Waals surface area contributed by atoms with Gasteiger partial charge in [0.25, 0.3) is 11.8 Å².